The Morgan fingerprint density at radius 3 is 1.81 bits per heavy atom. The predicted molar refractivity (Wildman–Crippen MR) is 243 cm³/mol. The van der Waals surface area contributed by atoms with Gasteiger partial charge in [-0.2, -0.15) is 0 Å². The van der Waals surface area contributed by atoms with Crippen LogP contribution in [0.2, 0.25) is 0 Å². The molecule has 3 heterocycles. The topological polar surface area (TPSA) is 52.1 Å². The third kappa shape index (κ3) is 4.49. The van der Waals surface area contributed by atoms with Gasteiger partial charge in [-0.1, -0.05) is 153 Å². The molecule has 0 unspecified atom stereocenters. The molecule has 1 aliphatic carbocycles. The lowest BCUT2D eigenvalue weighted by molar-refractivity contribution is 0.660. The molecule has 9 aromatic carbocycles. The van der Waals surface area contributed by atoms with E-state index in [2.05, 4.69) is 178 Å². The van der Waals surface area contributed by atoms with Gasteiger partial charge in [0.25, 0.3) is 0 Å². The fraction of sp³-hybridized carbons (Fsp3) is 0.0545. The van der Waals surface area contributed by atoms with Crippen molar-refractivity contribution in [2.45, 2.75) is 19.3 Å². The first kappa shape index (κ1) is 32.5. The maximum Gasteiger partial charge on any atom is 0.147 e. The summed E-state index contributed by atoms with van der Waals surface area (Å²) in [7, 11) is 0. The van der Waals surface area contributed by atoms with E-state index in [4.69, 9.17) is 18.8 Å². The Morgan fingerprint density at radius 2 is 1.00 bits per heavy atom. The van der Waals surface area contributed by atoms with Crippen LogP contribution in [0.5, 0.6) is 0 Å². The van der Waals surface area contributed by atoms with Gasteiger partial charge in [0.1, 0.15) is 22.3 Å². The zero-order valence-electron chi connectivity index (χ0n) is 32.4. The number of nitrogens with zero attached hydrogens (tertiary/aromatic N) is 2. The molecule has 1 aliphatic rings. The van der Waals surface area contributed by atoms with Crippen LogP contribution < -0.4 is 0 Å². The Morgan fingerprint density at radius 1 is 0.407 bits per heavy atom. The first-order chi connectivity index (χ1) is 29.0. The number of furan rings is 2. The maximum absolute atomic E-state index is 6.99. The number of rotatable bonds is 3. The van der Waals surface area contributed by atoms with Gasteiger partial charge in [0, 0.05) is 49.0 Å². The Labute approximate surface area is 339 Å². The van der Waals surface area contributed by atoms with Crippen LogP contribution in [0.15, 0.2) is 179 Å². The molecule has 0 bridgehead atoms. The molecule has 59 heavy (non-hydrogen) atoms. The lowest BCUT2D eigenvalue weighted by atomic mass is 9.81. The summed E-state index contributed by atoms with van der Waals surface area (Å²) in [6, 6.07) is 58.3. The van der Waals surface area contributed by atoms with Crippen LogP contribution >= 0.6 is 0 Å². The lowest BCUT2D eigenvalue weighted by Gasteiger charge is -2.22. The van der Waals surface area contributed by atoms with E-state index < -0.39 is 0 Å². The van der Waals surface area contributed by atoms with Crippen molar-refractivity contribution < 1.29 is 8.83 Å². The third-order valence-corrected chi connectivity index (χ3v) is 12.9. The van der Waals surface area contributed by atoms with Crippen LogP contribution in [-0.4, -0.2) is 9.97 Å². The predicted octanol–water partition coefficient (Wildman–Crippen LogP) is 15.0. The summed E-state index contributed by atoms with van der Waals surface area (Å²) >= 11 is 0. The highest BCUT2D eigenvalue weighted by molar-refractivity contribution is 6.25. The molecular formula is C55H34N2O2. The summed E-state index contributed by atoms with van der Waals surface area (Å²) in [5.74, 6) is 0. The lowest BCUT2D eigenvalue weighted by Crippen LogP contribution is -2.14. The normalized spacial score (nSPS) is 13.4. The van der Waals surface area contributed by atoms with E-state index in [9.17, 15) is 0 Å². The molecule has 4 nitrogen and oxygen atoms in total. The summed E-state index contributed by atoms with van der Waals surface area (Å²) in [5.41, 5.74) is 16.6. The van der Waals surface area contributed by atoms with Crippen LogP contribution in [-0.2, 0) is 5.41 Å². The van der Waals surface area contributed by atoms with E-state index >= 15 is 0 Å². The van der Waals surface area contributed by atoms with Crippen molar-refractivity contribution >= 4 is 76.5 Å². The van der Waals surface area contributed by atoms with Gasteiger partial charge in [-0.3, -0.25) is 4.98 Å². The Kier molecular flexibility index (Phi) is 6.48. The number of aromatic nitrogens is 2. The monoisotopic (exact) mass is 754 g/mol. The molecule has 0 amide bonds. The average Bonchev–Trinajstić information content (AvgIpc) is 3.94. The van der Waals surface area contributed by atoms with E-state index in [1.807, 2.05) is 6.20 Å². The van der Waals surface area contributed by atoms with E-state index in [1.165, 1.54) is 33.0 Å². The molecule has 0 fully saturated rings. The molecule has 12 aromatic rings. The molecule has 4 heteroatoms. The van der Waals surface area contributed by atoms with Crippen molar-refractivity contribution in [1.82, 2.24) is 9.97 Å². The zero-order chi connectivity index (χ0) is 39.0. The Bertz CT molecular complexity index is 3740. The largest absolute Gasteiger partial charge is 0.455 e. The molecule has 13 rings (SSSR count). The van der Waals surface area contributed by atoms with Gasteiger partial charge < -0.3 is 8.83 Å². The van der Waals surface area contributed by atoms with Crippen molar-refractivity contribution in [2.75, 3.05) is 0 Å². The van der Waals surface area contributed by atoms with E-state index in [-0.39, 0.29) is 5.41 Å². The Hall–Kier alpha value is -7.56. The Balaban J connectivity index is 0.947. The third-order valence-electron chi connectivity index (χ3n) is 12.9. The minimum atomic E-state index is -0.0874. The quantitative estimate of drug-likeness (QED) is 0.169. The van der Waals surface area contributed by atoms with Crippen LogP contribution in [0.1, 0.15) is 25.0 Å². The number of hydrogen-bond donors (Lipinski definition) is 0. The SMILES string of the molecule is CC1(C)c2ccccc2-c2ccc(-c3cccc4c3oc3c4ccc4oc5c(-c6cccc(-c7cnc8c9ccccc9c9ccccc9c8n7)c6)cccc5c43)cc21. The highest BCUT2D eigenvalue weighted by Gasteiger charge is 2.35. The number of hydrogen-bond acceptors (Lipinski definition) is 4. The first-order valence-electron chi connectivity index (χ1n) is 20.2. The summed E-state index contributed by atoms with van der Waals surface area (Å²) in [6.07, 6.45) is 1.90. The van der Waals surface area contributed by atoms with E-state index in [1.54, 1.807) is 0 Å². The molecule has 0 saturated carbocycles. The fourth-order valence-corrected chi connectivity index (χ4v) is 10.1. The molecule has 0 radical (unpaired) electrons. The van der Waals surface area contributed by atoms with Gasteiger partial charge in [-0.25, -0.2) is 4.98 Å². The van der Waals surface area contributed by atoms with Crippen LogP contribution in [0.4, 0.5) is 0 Å². The van der Waals surface area contributed by atoms with E-state index in [0.717, 1.165) is 99.2 Å². The highest BCUT2D eigenvalue weighted by Crippen LogP contribution is 2.50. The average molecular weight is 755 g/mol. The summed E-state index contributed by atoms with van der Waals surface area (Å²) in [4.78, 5) is 10.3. The van der Waals surface area contributed by atoms with Gasteiger partial charge in [0.05, 0.1) is 28.3 Å². The molecule has 276 valence electrons. The van der Waals surface area contributed by atoms with Crippen molar-refractivity contribution in [1.29, 1.82) is 0 Å². The van der Waals surface area contributed by atoms with Gasteiger partial charge >= 0.3 is 0 Å². The fourth-order valence-electron chi connectivity index (χ4n) is 10.1. The number of para-hydroxylation sites is 2. The van der Waals surface area contributed by atoms with Crippen LogP contribution in [0.25, 0.3) is 121 Å². The summed E-state index contributed by atoms with van der Waals surface area (Å²) in [6.45, 7) is 4.66. The maximum atomic E-state index is 6.99. The van der Waals surface area contributed by atoms with Crippen molar-refractivity contribution in [2.24, 2.45) is 0 Å². The van der Waals surface area contributed by atoms with Gasteiger partial charge in [-0.15, -0.1) is 0 Å². The standard InChI is InChI=1S/C55H34N2O2/c1-55(2)45-23-8-7-16-38(45)39-25-24-32(29-46(39)55)35-19-10-21-42-43-26-27-48-49(54(43)59-52(35)42)44-22-11-20-34(53(44)58-48)31-12-9-13-33(28-31)47-30-56-50-40-17-5-3-14-36(40)37-15-4-6-18-41(37)51(50)57-47/h3-30H,1-2H3. The van der Waals surface area contributed by atoms with Gasteiger partial charge in [0.2, 0.25) is 0 Å². The molecule has 3 aromatic heterocycles. The number of benzene rings is 9. The molecular weight excluding hydrogens is 721 g/mol. The second kappa shape index (κ2) is 11.7. The smallest absolute Gasteiger partial charge is 0.147 e. The summed E-state index contributed by atoms with van der Waals surface area (Å²) < 4.78 is 13.8. The van der Waals surface area contributed by atoms with Gasteiger partial charge in [-0.05, 0) is 68.4 Å². The molecule has 0 atom stereocenters. The van der Waals surface area contributed by atoms with Gasteiger partial charge in [0.15, 0.2) is 0 Å². The molecule has 0 saturated heterocycles. The molecule has 0 N–H and O–H groups in total. The van der Waals surface area contributed by atoms with Crippen LogP contribution in [0, 0.1) is 0 Å². The van der Waals surface area contributed by atoms with Crippen molar-refractivity contribution in [3.05, 3.63) is 181 Å². The van der Waals surface area contributed by atoms with Crippen molar-refractivity contribution in [3.63, 3.8) is 0 Å². The van der Waals surface area contributed by atoms with Crippen molar-refractivity contribution in [3.8, 4) is 44.6 Å². The molecule has 0 spiro atoms. The highest BCUT2D eigenvalue weighted by atomic mass is 16.3. The molecule has 0 aliphatic heterocycles. The summed E-state index contributed by atoms with van der Waals surface area (Å²) in [5, 5.41) is 8.77. The second-order valence-corrected chi connectivity index (χ2v) is 16.4. The second-order valence-electron chi connectivity index (χ2n) is 16.4. The van der Waals surface area contributed by atoms with Crippen LogP contribution in [0.3, 0.4) is 0 Å². The minimum absolute atomic E-state index is 0.0874. The minimum Gasteiger partial charge on any atom is -0.455 e. The number of fused-ring (bicyclic) bond motifs is 16. The first-order valence-corrected chi connectivity index (χ1v) is 20.2. The zero-order valence-corrected chi connectivity index (χ0v) is 32.4. The van der Waals surface area contributed by atoms with E-state index in [0.29, 0.717) is 0 Å².